The Morgan fingerprint density at radius 2 is 2.00 bits per heavy atom. The zero-order valence-electron chi connectivity index (χ0n) is 22.4. The van der Waals surface area contributed by atoms with Gasteiger partial charge in [-0.3, -0.25) is 4.90 Å². The molecule has 0 amide bonds. The Balaban J connectivity index is 1.10. The number of hydrogen-bond donors (Lipinski definition) is 1. The van der Waals surface area contributed by atoms with Crippen LogP contribution in [-0.4, -0.2) is 61.4 Å². The molecule has 2 aliphatic heterocycles. The van der Waals surface area contributed by atoms with E-state index in [0.29, 0.717) is 30.1 Å². The molecule has 4 aromatic rings. The van der Waals surface area contributed by atoms with Gasteiger partial charge in [0.25, 0.3) is 0 Å². The quantitative estimate of drug-likeness (QED) is 0.324. The number of hydrogen-bond acceptors (Lipinski definition) is 8. The summed E-state index contributed by atoms with van der Waals surface area (Å²) in [5, 5.41) is 23.1. The minimum atomic E-state index is -1.06. The molecule has 1 aromatic carbocycles. The molecule has 1 N–H and O–H groups in total. The lowest BCUT2D eigenvalue weighted by Crippen LogP contribution is -2.33. The van der Waals surface area contributed by atoms with Gasteiger partial charge in [-0.1, -0.05) is 12.1 Å². The van der Waals surface area contributed by atoms with Gasteiger partial charge >= 0.3 is 5.97 Å². The fourth-order valence-corrected chi connectivity index (χ4v) is 5.37. The molecular weight excluding hydrogens is 527 g/mol. The Kier molecular flexibility index (Phi) is 7.59. The molecule has 0 bridgehead atoms. The summed E-state index contributed by atoms with van der Waals surface area (Å²) < 4.78 is 27.3. The maximum atomic E-state index is 14.2. The normalized spacial score (nSPS) is 17.7. The molecular formula is C30H29FN6O4. The molecule has 2 saturated heterocycles. The Morgan fingerprint density at radius 1 is 1.17 bits per heavy atom. The molecule has 11 heteroatoms. The molecule has 0 radical (unpaired) electrons. The van der Waals surface area contributed by atoms with Crippen LogP contribution in [0.25, 0.3) is 5.65 Å². The summed E-state index contributed by atoms with van der Waals surface area (Å²) in [5.74, 6) is -0.827. The molecule has 210 valence electrons. The van der Waals surface area contributed by atoms with Gasteiger partial charge in [-0.15, -0.1) is 0 Å². The number of piperidine rings is 1. The number of aromatic nitrogens is 4. The number of benzene rings is 1. The summed E-state index contributed by atoms with van der Waals surface area (Å²) in [6.45, 7) is 3.13. The lowest BCUT2D eigenvalue weighted by atomic mass is 9.92. The van der Waals surface area contributed by atoms with E-state index in [1.165, 1.54) is 12.1 Å². The largest absolute Gasteiger partial charge is 0.477 e. The van der Waals surface area contributed by atoms with Crippen molar-refractivity contribution in [3.05, 3.63) is 88.3 Å². The Bertz CT molecular complexity index is 1620. The van der Waals surface area contributed by atoms with E-state index < -0.39 is 11.8 Å². The molecule has 2 fully saturated rings. The molecule has 1 unspecified atom stereocenters. The molecule has 0 spiro atoms. The fraction of sp³-hybridized carbons (Fsp3) is 0.367. The average Bonchev–Trinajstić information content (AvgIpc) is 3.30. The Hall–Kier alpha value is -4.40. The molecule has 6 rings (SSSR count). The molecule has 0 saturated carbocycles. The van der Waals surface area contributed by atoms with E-state index >= 15 is 0 Å². The first-order valence-corrected chi connectivity index (χ1v) is 13.7. The number of likely N-dealkylation sites (tertiary alicyclic amines) is 1. The Morgan fingerprint density at radius 3 is 2.71 bits per heavy atom. The van der Waals surface area contributed by atoms with E-state index in [-0.39, 0.29) is 29.9 Å². The van der Waals surface area contributed by atoms with Crippen molar-refractivity contribution in [2.75, 3.05) is 19.7 Å². The summed E-state index contributed by atoms with van der Waals surface area (Å²) in [6.07, 6.45) is 5.22. The smallest absolute Gasteiger partial charge is 0.354 e. The Labute approximate surface area is 236 Å². The van der Waals surface area contributed by atoms with Gasteiger partial charge in [-0.25, -0.2) is 23.7 Å². The van der Waals surface area contributed by atoms with Crippen LogP contribution >= 0.6 is 0 Å². The van der Waals surface area contributed by atoms with Crippen LogP contribution < -0.4 is 4.74 Å². The zero-order valence-corrected chi connectivity index (χ0v) is 22.4. The molecule has 0 aliphatic carbocycles. The fourth-order valence-electron chi connectivity index (χ4n) is 5.37. The van der Waals surface area contributed by atoms with Crippen molar-refractivity contribution in [3.63, 3.8) is 0 Å². The maximum absolute atomic E-state index is 14.2. The van der Waals surface area contributed by atoms with Crippen LogP contribution in [0.1, 0.15) is 63.7 Å². The van der Waals surface area contributed by atoms with Gasteiger partial charge in [0.2, 0.25) is 5.88 Å². The van der Waals surface area contributed by atoms with Crippen LogP contribution in [-0.2, 0) is 24.3 Å². The third-order valence-corrected chi connectivity index (χ3v) is 7.79. The summed E-state index contributed by atoms with van der Waals surface area (Å²) in [4.78, 5) is 22.9. The third-order valence-electron chi connectivity index (χ3n) is 7.79. The predicted molar refractivity (Wildman–Crippen MR) is 145 cm³/mol. The van der Waals surface area contributed by atoms with Crippen LogP contribution in [0.15, 0.2) is 48.7 Å². The number of nitriles is 1. The van der Waals surface area contributed by atoms with Crippen LogP contribution in [0, 0.1) is 17.1 Å². The number of pyridine rings is 1. The second-order valence-corrected chi connectivity index (χ2v) is 10.5. The SMILES string of the molecule is N#Cc1ccc(COc2cccc(C3CCN(Cc4nn5ccc(C(=O)O)nc5c4CC4CCO4)CC3)n2)c(F)c1. The van der Waals surface area contributed by atoms with Gasteiger partial charge < -0.3 is 14.6 Å². The minimum Gasteiger partial charge on any atom is -0.477 e. The number of carboxylic acids is 1. The van der Waals surface area contributed by atoms with Crippen molar-refractivity contribution in [1.82, 2.24) is 24.5 Å². The minimum absolute atomic E-state index is 0.00119. The summed E-state index contributed by atoms with van der Waals surface area (Å²) in [5.41, 5.74) is 4.01. The zero-order chi connectivity index (χ0) is 28.3. The highest BCUT2D eigenvalue weighted by molar-refractivity contribution is 5.85. The number of fused-ring (bicyclic) bond motifs is 1. The van der Waals surface area contributed by atoms with Crippen LogP contribution in [0.3, 0.4) is 0 Å². The molecule has 5 heterocycles. The standard InChI is InChI=1S/C30H29FN6O4/c31-24-14-19(16-32)4-5-21(24)18-41-28-3-1-2-25(33-28)20-6-10-36(11-7-20)17-27-23(15-22-9-13-40-22)29-34-26(30(38)39)8-12-37(29)35-27/h1-5,8,12,14,20,22H,6-7,9-11,13,15,17-18H2,(H,38,39). The van der Waals surface area contributed by atoms with E-state index in [0.717, 1.165) is 55.9 Å². The first kappa shape index (κ1) is 26.8. The van der Waals surface area contributed by atoms with Crippen molar-refractivity contribution in [3.8, 4) is 11.9 Å². The van der Waals surface area contributed by atoms with Gasteiger partial charge in [0.1, 0.15) is 12.4 Å². The third kappa shape index (κ3) is 5.89. The van der Waals surface area contributed by atoms with Crippen LogP contribution in [0.4, 0.5) is 4.39 Å². The van der Waals surface area contributed by atoms with Crippen molar-refractivity contribution in [1.29, 1.82) is 5.26 Å². The van der Waals surface area contributed by atoms with E-state index in [1.807, 2.05) is 18.2 Å². The van der Waals surface area contributed by atoms with Crippen molar-refractivity contribution >= 4 is 11.6 Å². The highest BCUT2D eigenvalue weighted by Crippen LogP contribution is 2.30. The highest BCUT2D eigenvalue weighted by atomic mass is 19.1. The van der Waals surface area contributed by atoms with Crippen molar-refractivity contribution < 1.29 is 23.8 Å². The van der Waals surface area contributed by atoms with Gasteiger partial charge in [0.05, 0.1) is 23.4 Å². The first-order chi connectivity index (χ1) is 20.0. The average molecular weight is 557 g/mol. The monoisotopic (exact) mass is 556 g/mol. The van der Waals surface area contributed by atoms with Gasteiger partial charge in [0, 0.05) is 54.6 Å². The number of nitrogens with zero attached hydrogens (tertiary/aromatic N) is 6. The molecule has 2 aliphatic rings. The van der Waals surface area contributed by atoms with Gasteiger partial charge in [0.15, 0.2) is 11.3 Å². The summed E-state index contributed by atoms with van der Waals surface area (Å²) in [6, 6.07) is 13.4. The lowest BCUT2D eigenvalue weighted by Gasteiger charge is -2.32. The number of ether oxygens (including phenoxy) is 2. The van der Waals surface area contributed by atoms with E-state index in [4.69, 9.17) is 24.8 Å². The van der Waals surface area contributed by atoms with E-state index in [9.17, 15) is 14.3 Å². The lowest BCUT2D eigenvalue weighted by molar-refractivity contribution is -0.0492. The van der Waals surface area contributed by atoms with Crippen molar-refractivity contribution in [2.45, 2.75) is 50.9 Å². The topological polar surface area (TPSA) is 126 Å². The number of carbonyl (C=O) groups is 1. The maximum Gasteiger partial charge on any atom is 0.354 e. The van der Waals surface area contributed by atoms with Gasteiger partial charge in [-0.2, -0.15) is 10.4 Å². The van der Waals surface area contributed by atoms with E-state index in [1.54, 1.807) is 28.9 Å². The second kappa shape index (κ2) is 11.6. The van der Waals surface area contributed by atoms with Crippen LogP contribution in [0.5, 0.6) is 5.88 Å². The van der Waals surface area contributed by atoms with Crippen LogP contribution in [0.2, 0.25) is 0 Å². The number of halogens is 1. The summed E-state index contributed by atoms with van der Waals surface area (Å²) in [7, 11) is 0. The summed E-state index contributed by atoms with van der Waals surface area (Å²) >= 11 is 0. The molecule has 10 nitrogen and oxygen atoms in total. The first-order valence-electron chi connectivity index (χ1n) is 13.7. The molecule has 1 atom stereocenters. The van der Waals surface area contributed by atoms with E-state index in [2.05, 4.69) is 9.88 Å². The highest BCUT2D eigenvalue weighted by Gasteiger charge is 2.27. The number of rotatable bonds is 9. The molecule has 41 heavy (non-hydrogen) atoms. The number of aromatic carboxylic acids is 1. The van der Waals surface area contributed by atoms with Crippen molar-refractivity contribution in [2.24, 2.45) is 0 Å². The second-order valence-electron chi connectivity index (χ2n) is 10.5. The predicted octanol–water partition coefficient (Wildman–Crippen LogP) is 4.12. The van der Waals surface area contributed by atoms with Gasteiger partial charge in [-0.05, 0) is 56.6 Å². The molecule has 3 aromatic heterocycles. The number of carboxylic acid groups (broad SMARTS) is 1.